The van der Waals surface area contributed by atoms with Crippen LogP contribution in [0, 0.1) is 11.3 Å². The highest BCUT2D eigenvalue weighted by Gasteiger charge is 2.87. The Balaban J connectivity index is 1.72. The van der Waals surface area contributed by atoms with Gasteiger partial charge in [0.05, 0.1) is 17.1 Å². The summed E-state index contributed by atoms with van der Waals surface area (Å²) >= 11 is 0. The van der Waals surface area contributed by atoms with Gasteiger partial charge in [0.2, 0.25) is 0 Å². The second kappa shape index (κ2) is 11.5. The van der Waals surface area contributed by atoms with Gasteiger partial charge in [0.25, 0.3) is 0 Å². The normalized spacial score (nSPS) is 33.7. The van der Waals surface area contributed by atoms with E-state index in [1.807, 2.05) is 30.3 Å². The van der Waals surface area contributed by atoms with Crippen LogP contribution in [0.15, 0.2) is 66.7 Å². The number of fused-ring (bicyclic) bond motifs is 1. The molecule has 1 heterocycles. The zero-order chi connectivity index (χ0) is 31.9. The molecule has 7 atom stereocenters. The maximum absolute atomic E-state index is 14.7. The van der Waals surface area contributed by atoms with Crippen LogP contribution in [0.3, 0.4) is 0 Å². The summed E-state index contributed by atoms with van der Waals surface area (Å²) in [6.07, 6.45) is -0.979. The predicted octanol–water partition coefficient (Wildman–Crippen LogP) is 3.83. The number of carbonyl (C=O) groups is 4. The van der Waals surface area contributed by atoms with Gasteiger partial charge in [-0.1, -0.05) is 48.5 Å². The average Bonchev–Trinajstić information content (AvgIpc) is 3.17. The van der Waals surface area contributed by atoms with E-state index in [1.54, 1.807) is 50.3 Å². The molecule has 10 nitrogen and oxygen atoms in total. The summed E-state index contributed by atoms with van der Waals surface area (Å²) in [5.41, 5.74) is -6.03. The van der Waals surface area contributed by atoms with E-state index in [0.717, 1.165) is 5.56 Å². The molecule has 1 spiro atoms. The van der Waals surface area contributed by atoms with Crippen LogP contribution in [0.25, 0.3) is 6.08 Å². The molecule has 2 saturated carbocycles. The molecular weight excluding hydrogens is 568 g/mol. The summed E-state index contributed by atoms with van der Waals surface area (Å²) in [5.74, 6) is -3.34. The van der Waals surface area contributed by atoms with Gasteiger partial charge in [0, 0.05) is 19.9 Å². The molecule has 0 amide bonds. The minimum Gasteiger partial charge on any atom is -0.482 e. The summed E-state index contributed by atoms with van der Waals surface area (Å²) in [6.45, 7) is 6.76. The van der Waals surface area contributed by atoms with Crippen molar-refractivity contribution >= 4 is 29.8 Å². The first kappa shape index (κ1) is 31.4. The van der Waals surface area contributed by atoms with Gasteiger partial charge < -0.3 is 28.8 Å². The lowest BCUT2D eigenvalue weighted by Crippen LogP contribution is -2.83. The molecule has 1 N–H and O–H groups in total. The molecule has 0 aromatic heterocycles. The lowest BCUT2D eigenvalue weighted by molar-refractivity contribution is -0.333. The maximum atomic E-state index is 14.7. The highest BCUT2D eigenvalue weighted by molar-refractivity contribution is 5.92. The molecule has 2 aliphatic carbocycles. The first-order valence-corrected chi connectivity index (χ1v) is 14.7. The predicted molar refractivity (Wildman–Crippen MR) is 157 cm³/mol. The Hall–Kier alpha value is -4.02. The van der Waals surface area contributed by atoms with Gasteiger partial charge in [-0.05, 0) is 57.4 Å². The van der Waals surface area contributed by atoms with E-state index < -0.39 is 76.7 Å². The van der Waals surface area contributed by atoms with E-state index in [1.165, 1.54) is 26.8 Å². The van der Waals surface area contributed by atoms with E-state index >= 15 is 0 Å². The Morgan fingerprint density at radius 1 is 0.955 bits per heavy atom. The number of esters is 3. The van der Waals surface area contributed by atoms with Crippen molar-refractivity contribution in [3.05, 3.63) is 72.3 Å². The number of Topliss-reactive ketones (excluding diaryl/α,β-unsaturated/α-hetero) is 1. The van der Waals surface area contributed by atoms with Gasteiger partial charge in [-0.25, -0.2) is 4.79 Å². The lowest BCUT2D eigenvalue weighted by atomic mass is 9.46. The Kier molecular flexibility index (Phi) is 8.20. The van der Waals surface area contributed by atoms with Gasteiger partial charge in [-0.15, -0.1) is 0 Å². The monoisotopic (exact) mass is 606 g/mol. The highest BCUT2D eigenvalue weighted by atomic mass is 16.6. The minimum atomic E-state index is -1.91. The highest BCUT2D eigenvalue weighted by Crippen LogP contribution is 2.67. The van der Waals surface area contributed by atoms with Crippen LogP contribution >= 0.6 is 0 Å². The van der Waals surface area contributed by atoms with Crippen LogP contribution in [0.4, 0.5) is 0 Å². The fourth-order valence-electron chi connectivity index (χ4n) is 7.48. The number of ether oxygens (including phenoxy) is 5. The van der Waals surface area contributed by atoms with Crippen LogP contribution < -0.4 is 4.74 Å². The molecule has 3 aliphatic rings. The van der Waals surface area contributed by atoms with Crippen molar-refractivity contribution in [1.82, 2.24) is 0 Å². The van der Waals surface area contributed by atoms with Crippen molar-refractivity contribution in [1.29, 1.82) is 0 Å². The van der Waals surface area contributed by atoms with Crippen LogP contribution in [-0.4, -0.2) is 70.5 Å². The van der Waals surface area contributed by atoms with E-state index in [4.69, 9.17) is 23.7 Å². The third-order valence-electron chi connectivity index (χ3n) is 9.14. The number of rotatable bonds is 8. The Morgan fingerprint density at radius 3 is 2.20 bits per heavy atom. The molecule has 3 fully saturated rings. The molecule has 0 unspecified atom stereocenters. The largest absolute Gasteiger partial charge is 0.482 e. The van der Waals surface area contributed by atoms with Crippen LogP contribution in [0.2, 0.25) is 0 Å². The number of para-hydroxylation sites is 1. The number of ketones is 1. The molecule has 2 aromatic rings. The van der Waals surface area contributed by atoms with Crippen molar-refractivity contribution < 1.29 is 48.0 Å². The minimum absolute atomic E-state index is 0.0436. The zero-order valence-corrected chi connectivity index (χ0v) is 25.5. The van der Waals surface area contributed by atoms with E-state index in [9.17, 15) is 24.3 Å². The lowest BCUT2D eigenvalue weighted by Gasteiger charge is -2.64. The maximum Gasteiger partial charge on any atom is 0.331 e. The van der Waals surface area contributed by atoms with Gasteiger partial charge in [0.15, 0.2) is 17.5 Å². The third-order valence-corrected chi connectivity index (χ3v) is 9.14. The standard InChI is InChI=1S/C34H38O10/c1-21(35)40-20-33-25(43-26(37)17-16-23-12-8-6-9-13-23)18-19-32(5,39)34(33)29(41-22(2)36)27(31(3,4)44-34)28(38)30(33)42-24-14-10-7-11-15-24/h6-17,25,27,29-30,39H,18-20H2,1-5H3/t25-,27+,29+,30+,32-,33-,34+/m0/s1. The first-order valence-electron chi connectivity index (χ1n) is 14.7. The summed E-state index contributed by atoms with van der Waals surface area (Å²) in [7, 11) is 0. The fraction of sp³-hybridized carbons (Fsp3) is 0.471. The summed E-state index contributed by atoms with van der Waals surface area (Å²) in [6, 6.07) is 17.7. The van der Waals surface area contributed by atoms with Gasteiger partial charge in [-0.2, -0.15) is 0 Å². The molecule has 2 bridgehead atoms. The Morgan fingerprint density at radius 2 is 1.59 bits per heavy atom. The molecule has 44 heavy (non-hydrogen) atoms. The van der Waals surface area contributed by atoms with E-state index in [0.29, 0.717) is 5.75 Å². The van der Waals surface area contributed by atoms with Crippen molar-refractivity contribution in [2.75, 3.05) is 6.61 Å². The molecule has 0 radical (unpaired) electrons. The molecule has 2 aromatic carbocycles. The number of benzene rings is 2. The van der Waals surface area contributed by atoms with E-state index in [-0.39, 0.29) is 12.8 Å². The zero-order valence-electron chi connectivity index (χ0n) is 25.5. The second-order valence-corrected chi connectivity index (χ2v) is 12.5. The summed E-state index contributed by atoms with van der Waals surface area (Å²) in [5, 5.41) is 12.3. The Bertz CT molecular complexity index is 1450. The molecule has 5 rings (SSSR count). The van der Waals surface area contributed by atoms with Gasteiger partial charge in [-0.3, -0.25) is 14.4 Å². The SMILES string of the molecule is CC(=O)OC[C@@]12[C@@H](OC(=O)C=Cc3ccccc3)CC[C@](C)(O)[C@@]13OC(C)(C)[C@H](C(=O)[C@H]2Oc1ccccc1)[C@H]3OC(C)=O. The van der Waals surface area contributed by atoms with Crippen molar-refractivity contribution in [3.8, 4) is 5.75 Å². The first-order chi connectivity index (χ1) is 20.7. The molecule has 10 heteroatoms. The van der Waals surface area contributed by atoms with Gasteiger partial charge >= 0.3 is 17.9 Å². The van der Waals surface area contributed by atoms with Crippen molar-refractivity contribution in [3.63, 3.8) is 0 Å². The Labute approximate surface area is 256 Å². The van der Waals surface area contributed by atoms with Crippen molar-refractivity contribution in [2.45, 2.75) is 82.6 Å². The third kappa shape index (κ3) is 5.09. The summed E-state index contributed by atoms with van der Waals surface area (Å²) < 4.78 is 30.9. The number of hydrogen-bond acceptors (Lipinski definition) is 10. The van der Waals surface area contributed by atoms with Gasteiger partial charge in [0.1, 0.15) is 30.0 Å². The molecular formula is C34H38O10. The molecule has 1 saturated heterocycles. The number of aliphatic hydroxyl groups is 1. The average molecular weight is 607 g/mol. The molecule has 1 aliphatic heterocycles. The second-order valence-electron chi connectivity index (χ2n) is 12.5. The van der Waals surface area contributed by atoms with Crippen LogP contribution in [0.1, 0.15) is 53.0 Å². The molecule has 234 valence electrons. The fourth-order valence-corrected chi connectivity index (χ4v) is 7.48. The van der Waals surface area contributed by atoms with Crippen LogP contribution in [0.5, 0.6) is 5.75 Å². The van der Waals surface area contributed by atoms with Crippen molar-refractivity contribution in [2.24, 2.45) is 11.3 Å². The summed E-state index contributed by atoms with van der Waals surface area (Å²) in [4.78, 5) is 53.0. The van der Waals surface area contributed by atoms with Crippen LogP contribution in [-0.2, 0) is 38.1 Å². The number of hydrogen-bond donors (Lipinski definition) is 1. The quantitative estimate of drug-likeness (QED) is 0.268. The number of carbonyl (C=O) groups excluding carboxylic acids is 4. The topological polar surface area (TPSA) is 135 Å². The smallest absolute Gasteiger partial charge is 0.331 e. The van der Waals surface area contributed by atoms with E-state index in [2.05, 4.69) is 0 Å².